The molecule has 1 aromatic heterocycles. The van der Waals surface area contributed by atoms with Crippen molar-refractivity contribution in [1.82, 2.24) is 15.6 Å². The van der Waals surface area contributed by atoms with E-state index in [0.29, 0.717) is 6.54 Å². The summed E-state index contributed by atoms with van der Waals surface area (Å²) < 4.78 is 5.75. The van der Waals surface area contributed by atoms with Crippen LogP contribution < -0.4 is 15.5 Å². The number of ether oxygens (including phenoxy) is 1. The minimum atomic E-state index is -0.159. The van der Waals surface area contributed by atoms with Crippen LogP contribution in [-0.2, 0) is 11.3 Å². The number of aromatic nitrogens is 1. The second-order valence-corrected chi connectivity index (χ2v) is 6.64. The van der Waals surface area contributed by atoms with Crippen molar-refractivity contribution in [3.05, 3.63) is 36.5 Å². The third kappa shape index (κ3) is 6.05. The summed E-state index contributed by atoms with van der Waals surface area (Å²) in [6.45, 7) is 12.1. The molecule has 2 rings (SSSR count). The first-order valence-electron chi connectivity index (χ1n) is 9.02. The molecule has 0 radical (unpaired) electrons. The van der Waals surface area contributed by atoms with Crippen molar-refractivity contribution in [3.8, 4) is 0 Å². The first-order valence-corrected chi connectivity index (χ1v) is 9.02. The number of urea groups is 1. The van der Waals surface area contributed by atoms with Crippen molar-refractivity contribution < 1.29 is 9.53 Å². The van der Waals surface area contributed by atoms with Crippen LogP contribution in [0.15, 0.2) is 31.0 Å². The van der Waals surface area contributed by atoms with Crippen LogP contribution in [0.2, 0.25) is 0 Å². The number of amides is 2. The molecule has 0 aliphatic carbocycles. The van der Waals surface area contributed by atoms with Gasteiger partial charge in [-0.2, -0.15) is 0 Å². The monoisotopic (exact) mass is 346 g/mol. The zero-order chi connectivity index (χ0) is 18.2. The zero-order valence-electron chi connectivity index (χ0n) is 15.5. The fourth-order valence-electron chi connectivity index (χ4n) is 3.02. The normalized spacial score (nSPS) is 21.5. The van der Waals surface area contributed by atoms with E-state index >= 15 is 0 Å². The van der Waals surface area contributed by atoms with Gasteiger partial charge in [-0.05, 0) is 38.3 Å². The van der Waals surface area contributed by atoms with Crippen molar-refractivity contribution in [2.24, 2.45) is 0 Å². The Morgan fingerprint density at radius 3 is 2.72 bits per heavy atom. The Balaban J connectivity index is 1.84. The highest BCUT2D eigenvalue weighted by Crippen LogP contribution is 2.18. The molecule has 0 saturated carbocycles. The molecule has 1 saturated heterocycles. The summed E-state index contributed by atoms with van der Waals surface area (Å²) in [5.74, 6) is 0.951. The van der Waals surface area contributed by atoms with Gasteiger partial charge in [-0.25, -0.2) is 9.78 Å². The number of carbonyl (C=O) groups excluding carboxylic acids is 1. The summed E-state index contributed by atoms with van der Waals surface area (Å²) >= 11 is 0. The zero-order valence-corrected chi connectivity index (χ0v) is 15.5. The fraction of sp³-hybridized carbons (Fsp3) is 0.579. The van der Waals surface area contributed by atoms with Gasteiger partial charge < -0.3 is 20.3 Å². The van der Waals surface area contributed by atoms with Crippen molar-refractivity contribution in [3.63, 3.8) is 0 Å². The Morgan fingerprint density at radius 2 is 2.16 bits per heavy atom. The van der Waals surface area contributed by atoms with E-state index in [4.69, 9.17) is 4.74 Å². The maximum atomic E-state index is 11.9. The molecule has 1 aliphatic heterocycles. The van der Waals surface area contributed by atoms with E-state index in [1.807, 2.05) is 31.3 Å². The van der Waals surface area contributed by atoms with Gasteiger partial charge in [0.2, 0.25) is 0 Å². The van der Waals surface area contributed by atoms with Gasteiger partial charge in [-0.15, -0.1) is 6.58 Å². The number of carbonyl (C=O) groups is 1. The van der Waals surface area contributed by atoms with Gasteiger partial charge in [0.15, 0.2) is 0 Å². The van der Waals surface area contributed by atoms with Crippen molar-refractivity contribution in [1.29, 1.82) is 0 Å². The molecule has 0 spiro atoms. The molecule has 3 atom stereocenters. The first-order chi connectivity index (χ1) is 12.0. The number of nitrogens with one attached hydrogen (secondary N) is 2. The Labute approximate surface area is 150 Å². The van der Waals surface area contributed by atoms with E-state index in [1.165, 1.54) is 0 Å². The highest BCUT2D eigenvalue weighted by atomic mass is 16.5. The Kier molecular flexibility index (Phi) is 7.25. The maximum Gasteiger partial charge on any atom is 0.315 e. The molecule has 2 heterocycles. The minimum Gasteiger partial charge on any atom is -0.372 e. The molecule has 6 heteroatoms. The molecule has 1 aliphatic rings. The molecule has 0 bridgehead atoms. The highest BCUT2D eigenvalue weighted by molar-refractivity contribution is 5.74. The SMILES string of the molecule is C=CC[C@H](CC)NC(=O)NCc1ccc(N2C[C@@H](C)O[C@H](C)C2)nc1. The number of hydrogen-bond donors (Lipinski definition) is 2. The van der Waals surface area contributed by atoms with Crippen molar-refractivity contribution in [2.75, 3.05) is 18.0 Å². The van der Waals surface area contributed by atoms with Crippen LogP contribution in [0.4, 0.5) is 10.6 Å². The van der Waals surface area contributed by atoms with E-state index in [-0.39, 0.29) is 24.3 Å². The summed E-state index contributed by atoms with van der Waals surface area (Å²) in [6.07, 6.45) is 5.71. The Hall–Kier alpha value is -2.08. The van der Waals surface area contributed by atoms with Gasteiger partial charge in [-0.3, -0.25) is 0 Å². The van der Waals surface area contributed by atoms with Crippen LogP contribution in [0, 0.1) is 0 Å². The fourth-order valence-corrected chi connectivity index (χ4v) is 3.02. The second kappa shape index (κ2) is 9.42. The molecule has 6 nitrogen and oxygen atoms in total. The molecule has 25 heavy (non-hydrogen) atoms. The van der Waals surface area contributed by atoms with Gasteiger partial charge in [0.25, 0.3) is 0 Å². The number of nitrogens with zero attached hydrogens (tertiary/aromatic N) is 2. The van der Waals surface area contributed by atoms with E-state index in [0.717, 1.165) is 37.3 Å². The lowest BCUT2D eigenvalue weighted by molar-refractivity contribution is -0.00546. The van der Waals surface area contributed by atoms with Crippen LogP contribution >= 0.6 is 0 Å². The molecule has 138 valence electrons. The van der Waals surface area contributed by atoms with E-state index in [1.54, 1.807) is 0 Å². The Morgan fingerprint density at radius 1 is 1.44 bits per heavy atom. The topological polar surface area (TPSA) is 66.5 Å². The van der Waals surface area contributed by atoms with E-state index in [9.17, 15) is 4.79 Å². The lowest BCUT2D eigenvalue weighted by atomic mass is 10.1. The summed E-state index contributed by atoms with van der Waals surface area (Å²) in [5, 5.41) is 5.82. The van der Waals surface area contributed by atoms with Crippen LogP contribution in [-0.4, -0.2) is 42.4 Å². The smallest absolute Gasteiger partial charge is 0.315 e. The van der Waals surface area contributed by atoms with Crippen molar-refractivity contribution >= 4 is 11.8 Å². The van der Waals surface area contributed by atoms with Gasteiger partial charge in [0.1, 0.15) is 5.82 Å². The molecular formula is C19H30N4O2. The third-order valence-corrected chi connectivity index (χ3v) is 4.28. The molecule has 2 amide bonds. The summed E-state index contributed by atoms with van der Waals surface area (Å²) in [6, 6.07) is 3.98. The van der Waals surface area contributed by atoms with Gasteiger partial charge in [-0.1, -0.05) is 19.1 Å². The largest absolute Gasteiger partial charge is 0.372 e. The maximum absolute atomic E-state index is 11.9. The van der Waals surface area contributed by atoms with Crippen LogP contribution in [0.3, 0.4) is 0 Å². The Bertz CT molecular complexity index is 551. The van der Waals surface area contributed by atoms with Crippen LogP contribution in [0.1, 0.15) is 39.2 Å². The van der Waals surface area contributed by atoms with Crippen LogP contribution in [0.25, 0.3) is 0 Å². The third-order valence-electron chi connectivity index (χ3n) is 4.28. The lowest BCUT2D eigenvalue weighted by Crippen LogP contribution is -2.45. The number of morpholine rings is 1. The predicted octanol–water partition coefficient (Wildman–Crippen LogP) is 2.85. The lowest BCUT2D eigenvalue weighted by Gasteiger charge is -2.36. The highest BCUT2D eigenvalue weighted by Gasteiger charge is 2.22. The quantitative estimate of drug-likeness (QED) is 0.745. The summed E-state index contributed by atoms with van der Waals surface area (Å²) in [7, 11) is 0. The summed E-state index contributed by atoms with van der Waals surface area (Å²) in [5.41, 5.74) is 0.977. The number of hydrogen-bond acceptors (Lipinski definition) is 4. The average Bonchev–Trinajstić information content (AvgIpc) is 2.59. The van der Waals surface area contributed by atoms with E-state index in [2.05, 4.69) is 40.9 Å². The molecule has 1 fully saturated rings. The number of anilines is 1. The molecule has 0 aromatic carbocycles. The van der Waals surface area contributed by atoms with Gasteiger partial charge in [0, 0.05) is 31.9 Å². The summed E-state index contributed by atoms with van der Waals surface area (Å²) in [4.78, 5) is 18.7. The average molecular weight is 346 g/mol. The molecule has 1 aromatic rings. The molecular weight excluding hydrogens is 316 g/mol. The minimum absolute atomic E-state index is 0.128. The number of pyridine rings is 1. The predicted molar refractivity (Wildman–Crippen MR) is 101 cm³/mol. The molecule has 2 N–H and O–H groups in total. The van der Waals surface area contributed by atoms with Crippen LogP contribution in [0.5, 0.6) is 0 Å². The van der Waals surface area contributed by atoms with Gasteiger partial charge >= 0.3 is 6.03 Å². The van der Waals surface area contributed by atoms with Crippen molar-refractivity contribution in [2.45, 2.75) is 58.4 Å². The molecule has 0 unspecified atom stereocenters. The number of rotatable bonds is 7. The van der Waals surface area contributed by atoms with Gasteiger partial charge in [0.05, 0.1) is 12.2 Å². The first kappa shape index (κ1) is 19.2. The second-order valence-electron chi connectivity index (χ2n) is 6.64. The van der Waals surface area contributed by atoms with E-state index < -0.39 is 0 Å². The standard InChI is InChI=1S/C19H30N4O2/c1-5-7-17(6-2)22-19(24)21-11-16-8-9-18(20-10-16)23-12-14(3)25-15(4)13-23/h5,8-10,14-15,17H,1,6-7,11-13H2,2-4H3,(H2,21,22,24)/t14-,15-,17+/m1/s1.